The summed E-state index contributed by atoms with van der Waals surface area (Å²) in [5.41, 5.74) is 1.65. The molecule has 3 aromatic heterocycles. The molecule has 2 amide bonds. The van der Waals surface area contributed by atoms with Gasteiger partial charge in [-0.05, 0) is 31.2 Å². The maximum Gasteiger partial charge on any atom is 0.284 e. The highest BCUT2D eigenvalue weighted by Gasteiger charge is 2.35. The van der Waals surface area contributed by atoms with Crippen molar-refractivity contribution in [3.8, 4) is 5.69 Å². The van der Waals surface area contributed by atoms with Crippen molar-refractivity contribution in [3.63, 3.8) is 0 Å². The Morgan fingerprint density at radius 1 is 1.13 bits per heavy atom. The van der Waals surface area contributed by atoms with Crippen molar-refractivity contribution in [2.24, 2.45) is 23.9 Å². The van der Waals surface area contributed by atoms with Crippen LogP contribution in [0, 0.1) is 18.8 Å². The van der Waals surface area contributed by atoms with Crippen molar-refractivity contribution in [1.29, 1.82) is 0 Å². The number of hydrogen-bond donors (Lipinski definition) is 1. The van der Waals surface area contributed by atoms with Crippen molar-refractivity contribution in [2.45, 2.75) is 26.8 Å². The van der Waals surface area contributed by atoms with E-state index in [1.807, 2.05) is 47.4 Å². The SMILES string of the molecule is Cc1c(C(=O)N[C@@H]2CN(c3ccc4nccn4n3)CC2C=NC(=O)C(C)C)c(=O)n(-c2ccccc2)n1C. The number of aliphatic imine (C=N–C) groups is 1. The van der Waals surface area contributed by atoms with Gasteiger partial charge >= 0.3 is 0 Å². The summed E-state index contributed by atoms with van der Waals surface area (Å²) >= 11 is 0. The fourth-order valence-electron chi connectivity index (χ4n) is 4.68. The summed E-state index contributed by atoms with van der Waals surface area (Å²) in [7, 11) is 1.75. The molecule has 1 unspecified atom stereocenters. The van der Waals surface area contributed by atoms with Gasteiger partial charge in [-0.15, -0.1) is 5.10 Å². The van der Waals surface area contributed by atoms with E-state index in [4.69, 9.17) is 0 Å². The molecule has 0 spiro atoms. The van der Waals surface area contributed by atoms with Gasteiger partial charge in [0.1, 0.15) is 11.4 Å². The molecule has 0 saturated carbocycles. The third-order valence-electron chi connectivity index (χ3n) is 6.92. The van der Waals surface area contributed by atoms with E-state index in [1.165, 1.54) is 4.68 Å². The number of carbonyl (C=O) groups is 2. The Hall–Kier alpha value is -4.54. The van der Waals surface area contributed by atoms with Crippen LogP contribution in [0.5, 0.6) is 0 Å². The number of rotatable bonds is 6. The van der Waals surface area contributed by atoms with E-state index in [-0.39, 0.29) is 23.3 Å². The van der Waals surface area contributed by atoms with E-state index in [9.17, 15) is 14.4 Å². The molecule has 4 aromatic rings. The van der Waals surface area contributed by atoms with Crippen molar-refractivity contribution < 1.29 is 9.59 Å². The normalized spacial score (nSPS) is 17.7. The van der Waals surface area contributed by atoms with E-state index < -0.39 is 17.5 Å². The summed E-state index contributed by atoms with van der Waals surface area (Å²) in [6, 6.07) is 12.5. The monoisotopic (exact) mass is 514 g/mol. The number of aromatic nitrogens is 5. The summed E-state index contributed by atoms with van der Waals surface area (Å²) in [5, 5.41) is 7.67. The average Bonchev–Trinajstić information content (AvgIpc) is 3.59. The molecule has 2 atom stereocenters. The topological polar surface area (TPSA) is 119 Å². The first-order chi connectivity index (χ1) is 18.2. The highest BCUT2D eigenvalue weighted by Crippen LogP contribution is 2.23. The molecule has 0 radical (unpaired) electrons. The lowest BCUT2D eigenvalue weighted by molar-refractivity contribution is -0.120. The fraction of sp³-hybridized carbons (Fsp3) is 0.333. The molecular formula is C27H30N8O3. The van der Waals surface area contributed by atoms with Gasteiger partial charge in [0, 0.05) is 50.6 Å². The molecule has 4 heterocycles. The number of imidazole rings is 1. The van der Waals surface area contributed by atoms with Gasteiger partial charge < -0.3 is 10.2 Å². The van der Waals surface area contributed by atoms with Crippen LogP contribution in [0.1, 0.15) is 29.9 Å². The van der Waals surface area contributed by atoms with Crippen LogP contribution in [0.2, 0.25) is 0 Å². The molecule has 11 nitrogen and oxygen atoms in total. The second kappa shape index (κ2) is 10.1. The second-order valence-electron chi connectivity index (χ2n) is 9.78. The molecule has 38 heavy (non-hydrogen) atoms. The zero-order chi connectivity index (χ0) is 27.0. The summed E-state index contributed by atoms with van der Waals surface area (Å²) in [4.78, 5) is 49.5. The predicted octanol–water partition coefficient (Wildman–Crippen LogP) is 2.02. The van der Waals surface area contributed by atoms with E-state index in [0.717, 1.165) is 5.65 Å². The van der Waals surface area contributed by atoms with Crippen LogP contribution in [0.3, 0.4) is 0 Å². The minimum absolute atomic E-state index is 0.0849. The van der Waals surface area contributed by atoms with Crippen LogP contribution in [-0.4, -0.2) is 61.1 Å². The molecule has 1 saturated heterocycles. The molecule has 196 valence electrons. The van der Waals surface area contributed by atoms with Gasteiger partial charge in [-0.1, -0.05) is 32.0 Å². The Bertz CT molecular complexity index is 1580. The maximum atomic E-state index is 13.5. The smallest absolute Gasteiger partial charge is 0.284 e. The zero-order valence-corrected chi connectivity index (χ0v) is 21.8. The number of benzene rings is 1. The van der Waals surface area contributed by atoms with Gasteiger partial charge in [-0.3, -0.25) is 19.1 Å². The largest absolute Gasteiger partial charge is 0.352 e. The minimum Gasteiger partial charge on any atom is -0.352 e. The molecule has 0 aliphatic carbocycles. The minimum atomic E-state index is -0.462. The number of nitrogens with one attached hydrogen (secondary N) is 1. The number of carbonyl (C=O) groups excluding carboxylic acids is 2. The zero-order valence-electron chi connectivity index (χ0n) is 21.8. The van der Waals surface area contributed by atoms with Crippen molar-refractivity contribution in [3.05, 3.63) is 76.5 Å². The molecule has 5 rings (SSSR count). The van der Waals surface area contributed by atoms with Gasteiger partial charge in [0.05, 0.1) is 17.4 Å². The lowest BCUT2D eigenvalue weighted by Gasteiger charge is -2.18. The van der Waals surface area contributed by atoms with Gasteiger partial charge in [0.15, 0.2) is 5.65 Å². The van der Waals surface area contributed by atoms with Gasteiger partial charge in [0.25, 0.3) is 11.5 Å². The number of fused-ring (bicyclic) bond motifs is 1. The van der Waals surface area contributed by atoms with E-state index in [1.54, 1.807) is 55.6 Å². The van der Waals surface area contributed by atoms with Crippen LogP contribution < -0.4 is 15.8 Å². The third-order valence-corrected chi connectivity index (χ3v) is 6.92. The predicted molar refractivity (Wildman–Crippen MR) is 144 cm³/mol. The van der Waals surface area contributed by atoms with Crippen molar-refractivity contribution in [1.82, 2.24) is 29.3 Å². The average molecular weight is 515 g/mol. The number of hydrogen-bond acceptors (Lipinski definition) is 6. The van der Waals surface area contributed by atoms with E-state index in [2.05, 4.69) is 20.4 Å². The molecule has 0 bridgehead atoms. The van der Waals surface area contributed by atoms with Gasteiger partial charge in [0.2, 0.25) is 5.91 Å². The molecule has 1 aromatic carbocycles. The Balaban J connectivity index is 1.44. The second-order valence-corrected chi connectivity index (χ2v) is 9.78. The highest BCUT2D eigenvalue weighted by atomic mass is 16.2. The molecule has 1 N–H and O–H groups in total. The molecular weight excluding hydrogens is 484 g/mol. The van der Waals surface area contributed by atoms with Crippen LogP contribution >= 0.6 is 0 Å². The lowest BCUT2D eigenvalue weighted by atomic mass is 10.0. The van der Waals surface area contributed by atoms with Crippen LogP contribution in [0.25, 0.3) is 11.3 Å². The summed E-state index contributed by atoms with van der Waals surface area (Å²) in [5.74, 6) is -0.469. The van der Waals surface area contributed by atoms with Crippen molar-refractivity contribution >= 4 is 29.5 Å². The van der Waals surface area contributed by atoms with Crippen LogP contribution in [-0.2, 0) is 11.8 Å². The van der Waals surface area contributed by atoms with E-state index >= 15 is 0 Å². The number of amides is 2. The van der Waals surface area contributed by atoms with Crippen LogP contribution in [0.15, 0.2) is 64.6 Å². The third kappa shape index (κ3) is 4.62. The summed E-state index contributed by atoms with van der Waals surface area (Å²) in [6.45, 7) is 6.26. The fourth-order valence-corrected chi connectivity index (χ4v) is 4.68. The quantitative estimate of drug-likeness (QED) is 0.393. The molecule has 11 heteroatoms. The first-order valence-corrected chi connectivity index (χ1v) is 12.5. The first kappa shape index (κ1) is 25.1. The number of para-hydroxylation sites is 1. The Kier molecular flexibility index (Phi) is 6.66. The maximum absolute atomic E-state index is 13.5. The van der Waals surface area contributed by atoms with Gasteiger partial charge in [-0.25, -0.2) is 19.2 Å². The highest BCUT2D eigenvalue weighted by molar-refractivity contribution is 5.96. The Morgan fingerprint density at radius 2 is 1.89 bits per heavy atom. The van der Waals surface area contributed by atoms with Crippen LogP contribution in [0.4, 0.5) is 5.82 Å². The summed E-state index contributed by atoms with van der Waals surface area (Å²) < 4.78 is 4.85. The standard InChI is InChI=1S/C27H30N8O3/c1-17(2)25(36)29-14-19-15-33(23-11-10-22-28-12-13-34(22)31-23)16-21(19)30-26(37)24-18(3)32(4)35(27(24)38)20-8-6-5-7-9-20/h5-14,17,19,21H,15-16H2,1-4H3,(H,30,37)/t19?,21-/m1/s1. The first-order valence-electron chi connectivity index (χ1n) is 12.5. The molecule has 1 aliphatic rings. The Morgan fingerprint density at radius 3 is 2.63 bits per heavy atom. The summed E-state index contributed by atoms with van der Waals surface area (Å²) in [6.07, 6.45) is 5.06. The Labute approximate surface area is 219 Å². The molecule has 1 fully saturated rings. The lowest BCUT2D eigenvalue weighted by Crippen LogP contribution is -2.43. The number of nitrogens with zero attached hydrogens (tertiary/aromatic N) is 7. The van der Waals surface area contributed by atoms with E-state index in [0.29, 0.717) is 30.3 Å². The van der Waals surface area contributed by atoms with Crippen molar-refractivity contribution in [2.75, 3.05) is 18.0 Å². The molecule has 1 aliphatic heterocycles. The van der Waals surface area contributed by atoms with Gasteiger partial charge in [-0.2, -0.15) is 0 Å². The number of anilines is 1.